The molecule has 0 bridgehead atoms. The summed E-state index contributed by atoms with van der Waals surface area (Å²) in [4.78, 5) is 20.1. The molecule has 1 fully saturated rings. The van der Waals surface area contributed by atoms with Crippen LogP contribution in [0.15, 0.2) is 41.1 Å². The van der Waals surface area contributed by atoms with Crippen molar-refractivity contribution >= 4 is 33.5 Å². The van der Waals surface area contributed by atoms with Crippen LogP contribution in [-0.2, 0) is 0 Å². The first kappa shape index (κ1) is 13.1. The van der Waals surface area contributed by atoms with Crippen LogP contribution in [-0.4, -0.2) is 21.9 Å². The van der Waals surface area contributed by atoms with Gasteiger partial charge in [-0.2, -0.15) is 0 Å². The van der Waals surface area contributed by atoms with E-state index in [1.165, 1.54) is 12.4 Å². The van der Waals surface area contributed by atoms with E-state index < -0.39 is 0 Å². The molecule has 2 N–H and O–H groups in total. The number of aromatic nitrogens is 2. The van der Waals surface area contributed by atoms with E-state index in [2.05, 4.69) is 36.5 Å². The molecule has 1 aromatic heterocycles. The van der Waals surface area contributed by atoms with Crippen LogP contribution in [0.2, 0.25) is 0 Å². The fourth-order valence-corrected chi connectivity index (χ4v) is 2.07. The zero-order valence-corrected chi connectivity index (χ0v) is 12.2. The number of anilines is 2. The molecule has 1 aromatic carbocycles. The molecule has 0 saturated heterocycles. The average molecular weight is 333 g/mol. The summed E-state index contributed by atoms with van der Waals surface area (Å²) in [5.41, 5.74) is 1.36. The molecule has 1 aliphatic rings. The van der Waals surface area contributed by atoms with E-state index in [1.807, 2.05) is 24.3 Å². The first-order valence-electron chi connectivity index (χ1n) is 6.37. The van der Waals surface area contributed by atoms with Gasteiger partial charge in [0.2, 0.25) is 5.95 Å². The predicted molar refractivity (Wildman–Crippen MR) is 79.9 cm³/mol. The van der Waals surface area contributed by atoms with E-state index in [-0.39, 0.29) is 5.91 Å². The highest BCUT2D eigenvalue weighted by Gasteiger charge is 2.23. The summed E-state index contributed by atoms with van der Waals surface area (Å²) in [6.07, 6.45) is 5.19. The van der Waals surface area contributed by atoms with E-state index in [0.29, 0.717) is 17.6 Å². The van der Waals surface area contributed by atoms with Crippen molar-refractivity contribution in [3.63, 3.8) is 0 Å². The molecule has 1 heterocycles. The molecule has 6 heteroatoms. The van der Waals surface area contributed by atoms with Crippen LogP contribution >= 0.6 is 15.9 Å². The number of carbonyl (C=O) groups is 1. The van der Waals surface area contributed by atoms with Gasteiger partial charge >= 0.3 is 0 Å². The second-order valence-electron chi connectivity index (χ2n) is 4.65. The van der Waals surface area contributed by atoms with Crippen LogP contribution in [0.25, 0.3) is 0 Å². The lowest BCUT2D eigenvalue weighted by atomic mass is 10.3. The molecule has 102 valence electrons. The smallest absolute Gasteiger partial charge is 0.254 e. The standard InChI is InChI=1S/C14H13BrN4O/c15-11-3-1-2-4-12(11)19-14-16-7-9(8-17-14)13(20)18-10-5-6-10/h1-4,7-8,10H,5-6H2,(H,18,20)(H,16,17,19). The molecule has 0 unspecified atom stereocenters. The van der Waals surface area contributed by atoms with Crippen molar-refractivity contribution in [2.24, 2.45) is 0 Å². The molecule has 2 aromatic rings. The third-order valence-electron chi connectivity index (χ3n) is 2.95. The van der Waals surface area contributed by atoms with Gasteiger partial charge in [0.25, 0.3) is 5.91 Å². The SMILES string of the molecule is O=C(NC1CC1)c1cnc(Nc2ccccc2Br)nc1. The van der Waals surface area contributed by atoms with Crippen molar-refractivity contribution in [3.8, 4) is 0 Å². The van der Waals surface area contributed by atoms with Crippen molar-refractivity contribution in [1.29, 1.82) is 0 Å². The van der Waals surface area contributed by atoms with Crippen LogP contribution in [0.5, 0.6) is 0 Å². The second kappa shape index (κ2) is 5.58. The Hall–Kier alpha value is -1.95. The number of nitrogens with zero attached hydrogens (tertiary/aromatic N) is 2. The fraction of sp³-hybridized carbons (Fsp3) is 0.214. The Balaban J connectivity index is 1.69. The minimum absolute atomic E-state index is 0.111. The van der Waals surface area contributed by atoms with Crippen molar-refractivity contribution in [2.45, 2.75) is 18.9 Å². The highest BCUT2D eigenvalue weighted by Crippen LogP contribution is 2.23. The largest absolute Gasteiger partial charge is 0.349 e. The molecule has 5 nitrogen and oxygen atoms in total. The average Bonchev–Trinajstić information content (AvgIpc) is 3.26. The van der Waals surface area contributed by atoms with Gasteiger partial charge in [-0.15, -0.1) is 0 Å². The normalized spacial score (nSPS) is 13.8. The molecule has 1 aliphatic carbocycles. The third-order valence-corrected chi connectivity index (χ3v) is 3.64. The molecule has 3 rings (SSSR count). The van der Waals surface area contributed by atoms with Crippen LogP contribution in [0.3, 0.4) is 0 Å². The summed E-state index contributed by atoms with van der Waals surface area (Å²) in [6.45, 7) is 0. The summed E-state index contributed by atoms with van der Waals surface area (Å²) in [7, 11) is 0. The van der Waals surface area contributed by atoms with E-state index in [4.69, 9.17) is 0 Å². The first-order valence-corrected chi connectivity index (χ1v) is 7.16. The van der Waals surface area contributed by atoms with E-state index in [0.717, 1.165) is 23.0 Å². The lowest BCUT2D eigenvalue weighted by Crippen LogP contribution is -2.25. The van der Waals surface area contributed by atoms with Gasteiger partial charge in [0.05, 0.1) is 11.3 Å². The summed E-state index contributed by atoms with van der Waals surface area (Å²) in [6, 6.07) is 8.04. The monoisotopic (exact) mass is 332 g/mol. The van der Waals surface area contributed by atoms with Crippen molar-refractivity contribution in [1.82, 2.24) is 15.3 Å². The Morgan fingerprint density at radius 3 is 2.55 bits per heavy atom. The zero-order chi connectivity index (χ0) is 13.9. The minimum Gasteiger partial charge on any atom is -0.349 e. The van der Waals surface area contributed by atoms with Crippen LogP contribution in [0.4, 0.5) is 11.6 Å². The topological polar surface area (TPSA) is 66.9 Å². The Morgan fingerprint density at radius 2 is 1.90 bits per heavy atom. The molecule has 20 heavy (non-hydrogen) atoms. The number of hydrogen-bond acceptors (Lipinski definition) is 4. The number of para-hydroxylation sites is 1. The van der Waals surface area contributed by atoms with E-state index in [1.54, 1.807) is 0 Å². The van der Waals surface area contributed by atoms with Gasteiger partial charge in [-0.05, 0) is 40.9 Å². The number of carbonyl (C=O) groups excluding carboxylic acids is 1. The highest BCUT2D eigenvalue weighted by atomic mass is 79.9. The lowest BCUT2D eigenvalue weighted by Gasteiger charge is -2.07. The van der Waals surface area contributed by atoms with Gasteiger partial charge in [0.1, 0.15) is 0 Å². The Labute approximate surface area is 125 Å². The van der Waals surface area contributed by atoms with E-state index >= 15 is 0 Å². The first-order chi connectivity index (χ1) is 9.72. The molecule has 0 spiro atoms. The Morgan fingerprint density at radius 1 is 1.20 bits per heavy atom. The quantitative estimate of drug-likeness (QED) is 0.903. The maximum atomic E-state index is 11.8. The number of halogens is 1. The summed E-state index contributed by atoms with van der Waals surface area (Å²) in [5, 5.41) is 5.99. The van der Waals surface area contributed by atoms with Crippen molar-refractivity contribution < 1.29 is 4.79 Å². The van der Waals surface area contributed by atoms with Gasteiger partial charge in [-0.1, -0.05) is 12.1 Å². The van der Waals surface area contributed by atoms with Gasteiger partial charge in [-0.3, -0.25) is 4.79 Å². The maximum absolute atomic E-state index is 11.8. The summed E-state index contributed by atoms with van der Waals surface area (Å²) < 4.78 is 0.930. The number of nitrogens with one attached hydrogen (secondary N) is 2. The van der Waals surface area contributed by atoms with Crippen LogP contribution in [0, 0.1) is 0 Å². The summed E-state index contributed by atoms with van der Waals surface area (Å²) >= 11 is 3.44. The fourth-order valence-electron chi connectivity index (χ4n) is 1.69. The van der Waals surface area contributed by atoms with Crippen LogP contribution in [0.1, 0.15) is 23.2 Å². The van der Waals surface area contributed by atoms with Gasteiger partial charge in [0, 0.05) is 22.9 Å². The van der Waals surface area contributed by atoms with Gasteiger partial charge in [-0.25, -0.2) is 9.97 Å². The third kappa shape index (κ3) is 3.14. The number of benzene rings is 1. The van der Waals surface area contributed by atoms with Gasteiger partial charge < -0.3 is 10.6 Å². The molecule has 0 aliphatic heterocycles. The second-order valence-corrected chi connectivity index (χ2v) is 5.50. The Bertz CT molecular complexity index is 625. The molecule has 0 radical (unpaired) electrons. The maximum Gasteiger partial charge on any atom is 0.254 e. The minimum atomic E-state index is -0.111. The van der Waals surface area contributed by atoms with Gasteiger partial charge in [0.15, 0.2) is 0 Å². The molecular formula is C14H13BrN4O. The number of amides is 1. The molecule has 0 atom stereocenters. The zero-order valence-electron chi connectivity index (χ0n) is 10.6. The van der Waals surface area contributed by atoms with Crippen molar-refractivity contribution in [2.75, 3.05) is 5.32 Å². The van der Waals surface area contributed by atoms with Crippen molar-refractivity contribution in [3.05, 3.63) is 46.7 Å². The lowest BCUT2D eigenvalue weighted by molar-refractivity contribution is 0.0950. The number of rotatable bonds is 4. The Kier molecular flexibility index (Phi) is 3.64. The summed E-state index contributed by atoms with van der Waals surface area (Å²) in [5.74, 6) is 0.347. The molecule has 1 saturated carbocycles. The molecule has 1 amide bonds. The number of hydrogen-bond donors (Lipinski definition) is 2. The molecular weight excluding hydrogens is 320 g/mol. The van der Waals surface area contributed by atoms with Crippen LogP contribution < -0.4 is 10.6 Å². The predicted octanol–water partition coefficient (Wildman–Crippen LogP) is 2.87. The highest BCUT2D eigenvalue weighted by molar-refractivity contribution is 9.10. The van der Waals surface area contributed by atoms with E-state index in [9.17, 15) is 4.79 Å².